The van der Waals surface area contributed by atoms with Crippen molar-refractivity contribution in [2.75, 3.05) is 0 Å². The number of ether oxygens (including phenoxy) is 1. The predicted molar refractivity (Wildman–Crippen MR) is 94.3 cm³/mol. The molecular formula is C18H15ClF3N3O3. The number of alkyl halides is 3. The highest BCUT2D eigenvalue weighted by molar-refractivity contribution is 5.85. The van der Waals surface area contributed by atoms with Crippen molar-refractivity contribution in [3.8, 4) is 23.1 Å². The number of rotatable bonds is 4. The minimum absolute atomic E-state index is 0. The van der Waals surface area contributed by atoms with E-state index in [2.05, 4.69) is 15.1 Å². The summed E-state index contributed by atoms with van der Waals surface area (Å²) >= 11 is 0. The van der Waals surface area contributed by atoms with Crippen molar-refractivity contribution < 1.29 is 27.5 Å². The first-order chi connectivity index (χ1) is 12.9. The van der Waals surface area contributed by atoms with Gasteiger partial charge in [0.1, 0.15) is 11.8 Å². The Kier molecular flexibility index (Phi) is 5.46. The van der Waals surface area contributed by atoms with Crippen molar-refractivity contribution in [2.45, 2.75) is 31.0 Å². The van der Waals surface area contributed by atoms with E-state index in [4.69, 9.17) is 9.26 Å². The van der Waals surface area contributed by atoms with E-state index < -0.39 is 11.9 Å². The number of aromatic nitrogens is 3. The van der Waals surface area contributed by atoms with Crippen molar-refractivity contribution in [3.63, 3.8) is 0 Å². The highest BCUT2D eigenvalue weighted by atomic mass is 35.5. The van der Waals surface area contributed by atoms with E-state index in [0.29, 0.717) is 35.6 Å². The van der Waals surface area contributed by atoms with Gasteiger partial charge in [0.25, 0.3) is 5.88 Å². The Morgan fingerprint density at radius 3 is 2.50 bits per heavy atom. The molecule has 1 aliphatic rings. The molecule has 0 saturated heterocycles. The fraction of sp³-hybridized carbons (Fsp3) is 0.278. The van der Waals surface area contributed by atoms with Gasteiger partial charge in [-0.25, -0.2) is 4.98 Å². The first-order valence-corrected chi connectivity index (χ1v) is 8.20. The monoisotopic (exact) mass is 413 g/mol. The van der Waals surface area contributed by atoms with Crippen molar-refractivity contribution >= 4 is 12.4 Å². The lowest BCUT2D eigenvalue weighted by molar-refractivity contribution is -0.141. The highest BCUT2D eigenvalue weighted by Crippen LogP contribution is 2.40. The number of aromatic hydroxyl groups is 1. The van der Waals surface area contributed by atoms with E-state index in [0.717, 1.165) is 6.07 Å². The highest BCUT2D eigenvalue weighted by Gasteiger charge is 2.36. The summed E-state index contributed by atoms with van der Waals surface area (Å²) in [5.74, 6) is 0.594. The van der Waals surface area contributed by atoms with Crippen LogP contribution < -0.4 is 4.74 Å². The second-order valence-electron chi connectivity index (χ2n) is 6.31. The third kappa shape index (κ3) is 4.19. The van der Waals surface area contributed by atoms with Crippen LogP contribution in [0.25, 0.3) is 11.3 Å². The summed E-state index contributed by atoms with van der Waals surface area (Å²) in [6, 6.07) is 7.46. The van der Waals surface area contributed by atoms with Crippen molar-refractivity contribution in [3.05, 3.63) is 54.0 Å². The van der Waals surface area contributed by atoms with Crippen LogP contribution in [0.3, 0.4) is 0 Å². The molecule has 10 heteroatoms. The minimum Gasteiger partial charge on any atom is -0.491 e. The van der Waals surface area contributed by atoms with Crippen molar-refractivity contribution in [1.29, 1.82) is 0 Å². The molecule has 28 heavy (non-hydrogen) atoms. The van der Waals surface area contributed by atoms with E-state index in [9.17, 15) is 18.3 Å². The molecule has 0 aromatic carbocycles. The van der Waals surface area contributed by atoms with E-state index in [1.165, 1.54) is 18.5 Å². The zero-order chi connectivity index (χ0) is 19.0. The van der Waals surface area contributed by atoms with Gasteiger partial charge in [-0.15, -0.1) is 12.4 Å². The van der Waals surface area contributed by atoms with Gasteiger partial charge in [0, 0.05) is 30.1 Å². The second kappa shape index (κ2) is 7.67. The van der Waals surface area contributed by atoms with Gasteiger partial charge >= 0.3 is 6.18 Å². The molecule has 1 fully saturated rings. The van der Waals surface area contributed by atoms with Gasteiger partial charge in [0.05, 0.1) is 0 Å². The topological polar surface area (TPSA) is 81.3 Å². The lowest BCUT2D eigenvalue weighted by Crippen LogP contribution is -2.32. The Bertz CT molecular complexity index is 941. The number of hydrogen-bond donors (Lipinski definition) is 1. The average Bonchev–Trinajstić information content (AvgIpc) is 3.04. The summed E-state index contributed by atoms with van der Waals surface area (Å²) in [5, 5.41) is 12.6. The largest absolute Gasteiger partial charge is 0.491 e. The quantitative estimate of drug-likeness (QED) is 0.673. The van der Waals surface area contributed by atoms with E-state index in [1.807, 2.05) is 0 Å². The van der Waals surface area contributed by atoms with Crippen LogP contribution in [0.15, 0.2) is 47.2 Å². The minimum atomic E-state index is -4.44. The van der Waals surface area contributed by atoms with Gasteiger partial charge in [0.15, 0.2) is 5.76 Å². The lowest BCUT2D eigenvalue weighted by atomic mass is 9.77. The molecule has 3 aromatic rings. The van der Waals surface area contributed by atoms with Gasteiger partial charge < -0.3 is 14.4 Å². The predicted octanol–water partition coefficient (Wildman–Crippen LogP) is 4.60. The maximum Gasteiger partial charge on any atom is 0.433 e. The number of nitrogens with zero attached hydrogens (tertiary/aromatic N) is 3. The smallest absolute Gasteiger partial charge is 0.433 e. The Hall–Kier alpha value is -2.81. The zero-order valence-electron chi connectivity index (χ0n) is 14.3. The molecule has 4 rings (SSSR count). The molecular weight excluding hydrogens is 399 g/mol. The summed E-state index contributed by atoms with van der Waals surface area (Å²) in [4.78, 5) is 7.56. The van der Waals surface area contributed by atoms with Crippen LogP contribution in [0.2, 0.25) is 0 Å². The maximum atomic E-state index is 12.8. The molecule has 0 atom stereocenters. The normalized spacial score (nSPS) is 18.8. The number of hydrogen-bond acceptors (Lipinski definition) is 6. The summed E-state index contributed by atoms with van der Waals surface area (Å²) in [6.45, 7) is 0. The molecule has 3 aromatic heterocycles. The second-order valence-corrected chi connectivity index (χ2v) is 6.31. The summed E-state index contributed by atoms with van der Waals surface area (Å²) < 4.78 is 48.9. The molecule has 3 heterocycles. The molecule has 0 amide bonds. The molecule has 1 aliphatic carbocycles. The summed E-state index contributed by atoms with van der Waals surface area (Å²) in [6.07, 6.45) is -0.605. The molecule has 1 N–H and O–H groups in total. The van der Waals surface area contributed by atoms with Gasteiger partial charge in [-0.2, -0.15) is 13.2 Å². The standard InChI is InChI=1S/C18H14F3N3O3.ClH/c19-18(20,21)15-7-10(3-4-22-15)12-5-13(6-12)26-17-2-1-11(9-23-17)14-8-16(25)24-27-14;/h1-4,7-9,12-13H,5-6H2,(H,24,25);1H/t12-,13+;. The van der Waals surface area contributed by atoms with Crippen LogP contribution in [0.5, 0.6) is 11.8 Å². The van der Waals surface area contributed by atoms with Crippen LogP contribution >= 0.6 is 12.4 Å². The molecule has 0 radical (unpaired) electrons. The number of halogens is 4. The Balaban J connectivity index is 0.00000225. The Morgan fingerprint density at radius 1 is 1.11 bits per heavy atom. The van der Waals surface area contributed by atoms with E-state index in [1.54, 1.807) is 18.2 Å². The first-order valence-electron chi connectivity index (χ1n) is 8.20. The van der Waals surface area contributed by atoms with Crippen LogP contribution in [-0.4, -0.2) is 26.3 Å². The SMILES string of the molecule is Cl.Oc1cc(-c2ccc(O[C@H]3C[C@@H](c4ccnc(C(F)(F)F)c4)C3)nc2)on1. The molecule has 148 valence electrons. The van der Waals surface area contributed by atoms with Crippen LogP contribution in [0.4, 0.5) is 13.2 Å². The third-order valence-electron chi connectivity index (χ3n) is 4.45. The molecule has 0 bridgehead atoms. The molecule has 6 nitrogen and oxygen atoms in total. The Labute approximate surface area is 163 Å². The fourth-order valence-corrected chi connectivity index (χ4v) is 2.96. The van der Waals surface area contributed by atoms with E-state index in [-0.39, 0.29) is 30.3 Å². The van der Waals surface area contributed by atoms with Gasteiger partial charge in [-0.1, -0.05) is 0 Å². The zero-order valence-corrected chi connectivity index (χ0v) is 15.1. The van der Waals surface area contributed by atoms with E-state index >= 15 is 0 Å². The fourth-order valence-electron chi connectivity index (χ4n) is 2.96. The molecule has 0 unspecified atom stereocenters. The maximum absolute atomic E-state index is 12.8. The van der Waals surface area contributed by atoms with Crippen LogP contribution in [0.1, 0.15) is 30.0 Å². The van der Waals surface area contributed by atoms with Gasteiger partial charge in [0.2, 0.25) is 5.88 Å². The van der Waals surface area contributed by atoms with Gasteiger partial charge in [-0.05, 0) is 47.7 Å². The van der Waals surface area contributed by atoms with Crippen LogP contribution in [-0.2, 0) is 6.18 Å². The lowest BCUT2D eigenvalue weighted by Gasteiger charge is -2.35. The molecule has 0 aliphatic heterocycles. The molecule has 1 saturated carbocycles. The van der Waals surface area contributed by atoms with Gasteiger partial charge in [-0.3, -0.25) is 4.98 Å². The first kappa shape index (κ1) is 19.9. The molecule has 0 spiro atoms. The average molecular weight is 414 g/mol. The van der Waals surface area contributed by atoms with Crippen molar-refractivity contribution in [2.24, 2.45) is 0 Å². The summed E-state index contributed by atoms with van der Waals surface area (Å²) in [5.41, 5.74) is 0.379. The van der Waals surface area contributed by atoms with Crippen molar-refractivity contribution in [1.82, 2.24) is 15.1 Å². The Morgan fingerprint density at radius 2 is 1.89 bits per heavy atom. The van der Waals surface area contributed by atoms with Crippen LogP contribution in [0, 0.1) is 0 Å². The third-order valence-corrected chi connectivity index (χ3v) is 4.45. The number of pyridine rings is 2. The summed E-state index contributed by atoms with van der Waals surface area (Å²) in [7, 11) is 0.